The number of halogens is 2. The Bertz CT molecular complexity index is 1340. The van der Waals surface area contributed by atoms with Gasteiger partial charge in [-0.3, -0.25) is 14.6 Å². The highest BCUT2D eigenvalue weighted by Crippen LogP contribution is 2.32. The van der Waals surface area contributed by atoms with Crippen molar-refractivity contribution in [2.24, 2.45) is 5.92 Å². The minimum Gasteiger partial charge on any atom is -0.371 e. The lowest BCUT2D eigenvalue weighted by atomic mass is 9.94. The molecule has 212 valence electrons. The predicted octanol–water partition coefficient (Wildman–Crippen LogP) is 4.57. The highest BCUT2D eigenvalue weighted by atomic mass is 35.5. The molecule has 1 aromatic carbocycles. The summed E-state index contributed by atoms with van der Waals surface area (Å²) in [6.07, 6.45) is 9.83. The Morgan fingerprint density at radius 2 is 1.95 bits per heavy atom. The van der Waals surface area contributed by atoms with Crippen LogP contribution in [0.25, 0.3) is 0 Å². The fraction of sp³-hybridized carbons (Fsp3) is 0.536. The van der Waals surface area contributed by atoms with Crippen LogP contribution in [0.4, 0.5) is 10.1 Å². The number of aromatic nitrogens is 1. The molecule has 11 heteroatoms. The third-order valence-corrected chi connectivity index (χ3v) is 9.23. The van der Waals surface area contributed by atoms with Crippen molar-refractivity contribution in [1.29, 1.82) is 0 Å². The van der Waals surface area contributed by atoms with Gasteiger partial charge >= 0.3 is 0 Å². The third kappa shape index (κ3) is 7.08. The van der Waals surface area contributed by atoms with Crippen LogP contribution in [-0.4, -0.2) is 74.0 Å². The van der Waals surface area contributed by atoms with Gasteiger partial charge < -0.3 is 15.1 Å². The van der Waals surface area contributed by atoms with Crippen molar-refractivity contribution in [3.63, 3.8) is 0 Å². The summed E-state index contributed by atoms with van der Waals surface area (Å²) >= 11 is 6.43. The Balaban J connectivity index is 1.30. The largest absolute Gasteiger partial charge is 0.371 e. The van der Waals surface area contributed by atoms with Gasteiger partial charge in [0.2, 0.25) is 5.91 Å². The van der Waals surface area contributed by atoms with Crippen LogP contribution in [0, 0.1) is 11.7 Å². The Labute approximate surface area is 234 Å². The first-order chi connectivity index (χ1) is 18.4. The van der Waals surface area contributed by atoms with E-state index in [2.05, 4.69) is 10.3 Å². The number of carbonyl (C=O) groups excluding carboxylic acids is 2. The topological polar surface area (TPSA) is 99.7 Å². The number of hydrogen-bond donors (Lipinski definition) is 1. The third-order valence-electron chi connectivity index (χ3n) is 7.80. The predicted molar refractivity (Wildman–Crippen MR) is 149 cm³/mol. The first kappa shape index (κ1) is 29.3. The van der Waals surface area contributed by atoms with E-state index in [1.807, 2.05) is 4.90 Å². The van der Waals surface area contributed by atoms with Gasteiger partial charge in [0.05, 0.1) is 26.9 Å². The molecule has 1 aromatic heterocycles. The number of carbonyl (C=O) groups is 2. The van der Waals surface area contributed by atoms with Crippen LogP contribution in [0.15, 0.2) is 35.4 Å². The molecule has 2 heterocycles. The molecule has 1 saturated carbocycles. The molecule has 3 atom stereocenters. The summed E-state index contributed by atoms with van der Waals surface area (Å²) in [5.41, 5.74) is 1.41. The number of likely N-dealkylation sites (tertiary alicyclic amines) is 1. The standard InChI is InChI=1S/C28H36ClFN4O4S/c1-33(2)27(35)19-15-22(29)24(31-17-19)11-8-18-5-4-6-20(9-7-18)34-14-13-26(28(34)36)32-25-12-10-21(16-23(25)30)39(3,37)38/h10,12,15-18,20,26,32H,4-9,11,13-14H2,1-3H3. The SMILES string of the molecule is CN(C)C(=O)c1cnc(CCC2CCCC(N3CCC(Nc4ccc(S(C)(=O)=O)cc4F)C3=O)CC2)c(Cl)c1. The summed E-state index contributed by atoms with van der Waals surface area (Å²) in [5, 5.41) is 3.50. The van der Waals surface area contributed by atoms with Gasteiger partial charge in [0.15, 0.2) is 9.84 Å². The van der Waals surface area contributed by atoms with Gasteiger partial charge in [0.25, 0.3) is 5.91 Å². The molecule has 0 spiro atoms. The lowest BCUT2D eigenvalue weighted by Crippen LogP contribution is -2.40. The van der Waals surface area contributed by atoms with E-state index in [-0.39, 0.29) is 28.4 Å². The second-order valence-corrected chi connectivity index (χ2v) is 13.3. The van der Waals surface area contributed by atoms with Crippen LogP contribution in [-0.2, 0) is 21.1 Å². The van der Waals surface area contributed by atoms with Crippen LogP contribution < -0.4 is 5.32 Å². The van der Waals surface area contributed by atoms with Crippen molar-refractivity contribution >= 4 is 38.9 Å². The first-order valence-electron chi connectivity index (χ1n) is 13.4. The van der Waals surface area contributed by atoms with E-state index in [1.165, 1.54) is 17.0 Å². The number of benzene rings is 1. The highest BCUT2D eigenvalue weighted by Gasteiger charge is 2.37. The lowest BCUT2D eigenvalue weighted by Gasteiger charge is -2.27. The molecule has 0 radical (unpaired) electrons. The number of nitrogens with zero attached hydrogens (tertiary/aromatic N) is 3. The van der Waals surface area contributed by atoms with Gasteiger partial charge in [-0.15, -0.1) is 0 Å². The Morgan fingerprint density at radius 3 is 2.62 bits per heavy atom. The van der Waals surface area contributed by atoms with Crippen LogP contribution in [0.5, 0.6) is 0 Å². The average molecular weight is 579 g/mol. The number of hydrogen-bond acceptors (Lipinski definition) is 6. The molecule has 2 aromatic rings. The number of pyridine rings is 1. The van der Waals surface area contributed by atoms with E-state index < -0.39 is 21.7 Å². The van der Waals surface area contributed by atoms with Crippen LogP contribution in [0.1, 0.15) is 61.0 Å². The molecule has 2 fully saturated rings. The molecule has 3 unspecified atom stereocenters. The van der Waals surface area contributed by atoms with Crippen molar-refractivity contribution < 1.29 is 22.4 Å². The molecule has 8 nitrogen and oxygen atoms in total. The van der Waals surface area contributed by atoms with Gasteiger partial charge in [0.1, 0.15) is 11.9 Å². The molecule has 1 aliphatic carbocycles. The number of nitrogens with one attached hydrogen (secondary N) is 1. The van der Waals surface area contributed by atoms with Crippen molar-refractivity contribution in [3.8, 4) is 0 Å². The Hall–Kier alpha value is -2.72. The molecule has 1 saturated heterocycles. The average Bonchev–Trinajstić information content (AvgIpc) is 3.08. The van der Waals surface area contributed by atoms with Gasteiger partial charge in [-0.2, -0.15) is 0 Å². The zero-order valence-corrected chi connectivity index (χ0v) is 24.2. The summed E-state index contributed by atoms with van der Waals surface area (Å²) in [5.74, 6) is -0.344. The van der Waals surface area contributed by atoms with Crippen LogP contribution >= 0.6 is 11.6 Å². The van der Waals surface area contributed by atoms with Crippen LogP contribution in [0.3, 0.4) is 0 Å². The highest BCUT2D eigenvalue weighted by molar-refractivity contribution is 7.90. The zero-order valence-electron chi connectivity index (χ0n) is 22.6. The van der Waals surface area contributed by atoms with E-state index in [9.17, 15) is 22.4 Å². The normalized spacial score (nSPS) is 22.0. The first-order valence-corrected chi connectivity index (χ1v) is 15.6. The molecular formula is C28H36ClFN4O4S. The van der Waals surface area contributed by atoms with Gasteiger partial charge in [-0.05, 0) is 68.7 Å². The number of rotatable bonds is 8. The smallest absolute Gasteiger partial charge is 0.254 e. The Morgan fingerprint density at radius 1 is 1.18 bits per heavy atom. The van der Waals surface area contributed by atoms with Crippen molar-refractivity contribution in [3.05, 3.63) is 52.6 Å². The minimum atomic E-state index is -3.51. The number of aryl methyl sites for hydroxylation is 1. The van der Waals surface area contributed by atoms with Crippen LogP contribution in [0.2, 0.25) is 5.02 Å². The molecule has 4 rings (SSSR count). The maximum absolute atomic E-state index is 14.5. The fourth-order valence-electron chi connectivity index (χ4n) is 5.56. The monoisotopic (exact) mass is 578 g/mol. The quantitative estimate of drug-likeness (QED) is 0.461. The van der Waals surface area contributed by atoms with E-state index in [1.54, 1.807) is 26.4 Å². The second-order valence-electron chi connectivity index (χ2n) is 10.8. The summed E-state index contributed by atoms with van der Waals surface area (Å²) < 4.78 is 37.9. The number of anilines is 1. The molecule has 1 N–H and O–H groups in total. The van der Waals surface area contributed by atoms with Crippen molar-refractivity contribution in [1.82, 2.24) is 14.8 Å². The Kier molecular flexibility index (Phi) is 9.16. The minimum absolute atomic E-state index is 0.0339. The second kappa shape index (κ2) is 12.2. The van der Waals surface area contributed by atoms with E-state index in [0.29, 0.717) is 29.5 Å². The summed E-state index contributed by atoms with van der Waals surface area (Å²) in [6.45, 7) is 0.617. The van der Waals surface area contributed by atoms with Crippen molar-refractivity contribution in [2.75, 3.05) is 32.2 Å². The molecule has 2 amide bonds. The molecule has 0 bridgehead atoms. The molecular weight excluding hydrogens is 543 g/mol. The summed E-state index contributed by atoms with van der Waals surface area (Å²) in [4.78, 5) is 33.1. The fourth-order valence-corrected chi connectivity index (χ4v) is 6.45. The molecule has 2 aliphatic rings. The summed E-state index contributed by atoms with van der Waals surface area (Å²) in [6, 6.07) is 5.03. The summed E-state index contributed by atoms with van der Waals surface area (Å²) in [7, 11) is -0.126. The lowest BCUT2D eigenvalue weighted by molar-refractivity contribution is -0.130. The van der Waals surface area contributed by atoms with Crippen molar-refractivity contribution in [2.45, 2.75) is 68.3 Å². The molecule has 1 aliphatic heterocycles. The van der Waals surface area contributed by atoms with E-state index >= 15 is 0 Å². The zero-order chi connectivity index (χ0) is 28.3. The van der Waals surface area contributed by atoms with E-state index in [4.69, 9.17) is 11.6 Å². The number of sulfone groups is 1. The number of amides is 2. The maximum atomic E-state index is 14.5. The maximum Gasteiger partial charge on any atom is 0.254 e. The van der Waals surface area contributed by atoms with E-state index in [0.717, 1.165) is 63.0 Å². The van der Waals surface area contributed by atoms with Gasteiger partial charge in [0, 0.05) is 39.1 Å². The van der Waals surface area contributed by atoms with Gasteiger partial charge in [-0.25, -0.2) is 12.8 Å². The molecule has 39 heavy (non-hydrogen) atoms. The van der Waals surface area contributed by atoms with Gasteiger partial charge in [-0.1, -0.05) is 24.4 Å².